The van der Waals surface area contributed by atoms with E-state index in [-0.39, 0.29) is 6.10 Å². The summed E-state index contributed by atoms with van der Waals surface area (Å²) in [6, 6.07) is 10.2. The zero-order valence-corrected chi connectivity index (χ0v) is 15.1. The van der Waals surface area contributed by atoms with Gasteiger partial charge in [0.1, 0.15) is 24.0 Å². The van der Waals surface area contributed by atoms with Crippen LogP contribution in [0, 0.1) is 0 Å². The summed E-state index contributed by atoms with van der Waals surface area (Å²) in [6.45, 7) is 4.37. The van der Waals surface area contributed by atoms with E-state index in [0.29, 0.717) is 12.4 Å². The van der Waals surface area contributed by atoms with Crippen molar-refractivity contribution in [3.63, 3.8) is 0 Å². The van der Waals surface area contributed by atoms with Crippen molar-refractivity contribution in [1.29, 1.82) is 0 Å². The fraction of sp³-hybridized carbons (Fsp3) is 0.421. The molecule has 0 bridgehead atoms. The first kappa shape index (κ1) is 16.8. The number of hydrogen-bond donors (Lipinski definition) is 0. The predicted octanol–water partition coefficient (Wildman–Crippen LogP) is 2.66. The lowest BCUT2D eigenvalue weighted by Crippen LogP contribution is -2.39. The second-order valence-electron chi connectivity index (χ2n) is 6.41. The maximum Gasteiger partial charge on any atom is 0.254 e. The zero-order chi connectivity index (χ0) is 17.9. The van der Waals surface area contributed by atoms with Gasteiger partial charge >= 0.3 is 0 Å². The summed E-state index contributed by atoms with van der Waals surface area (Å²) < 4.78 is 13.2. The molecule has 1 aliphatic heterocycles. The molecule has 1 atom stereocenters. The van der Waals surface area contributed by atoms with Gasteiger partial charge in [0.25, 0.3) is 5.78 Å². The number of aromatic nitrogens is 4. The van der Waals surface area contributed by atoms with Crippen LogP contribution < -0.4 is 9.64 Å². The van der Waals surface area contributed by atoms with Crippen molar-refractivity contribution in [2.75, 3.05) is 31.7 Å². The van der Waals surface area contributed by atoms with Crippen LogP contribution in [0.15, 0.2) is 36.7 Å². The number of benzene rings is 1. The Morgan fingerprint density at radius 3 is 3.08 bits per heavy atom. The zero-order valence-electron chi connectivity index (χ0n) is 15.1. The molecule has 3 aromatic rings. The molecule has 7 nitrogen and oxygen atoms in total. The van der Waals surface area contributed by atoms with E-state index in [9.17, 15) is 0 Å². The predicted molar refractivity (Wildman–Crippen MR) is 98.7 cm³/mol. The Kier molecular flexibility index (Phi) is 4.71. The molecule has 2 aromatic heterocycles. The third-order valence-corrected chi connectivity index (χ3v) is 4.65. The van der Waals surface area contributed by atoms with Crippen LogP contribution in [-0.4, -0.2) is 46.4 Å². The number of ether oxygens (including phenoxy) is 2. The molecular weight excluding hydrogens is 330 g/mol. The van der Waals surface area contributed by atoms with Crippen LogP contribution in [0.2, 0.25) is 0 Å². The third-order valence-electron chi connectivity index (χ3n) is 4.65. The van der Waals surface area contributed by atoms with Crippen molar-refractivity contribution < 1.29 is 9.47 Å². The van der Waals surface area contributed by atoms with Crippen LogP contribution in [0.5, 0.6) is 5.75 Å². The molecule has 0 amide bonds. The van der Waals surface area contributed by atoms with Crippen molar-refractivity contribution in [1.82, 2.24) is 19.6 Å². The van der Waals surface area contributed by atoms with Crippen LogP contribution in [-0.2, 0) is 11.2 Å². The molecule has 136 valence electrons. The third kappa shape index (κ3) is 3.22. The first-order chi connectivity index (χ1) is 12.8. The number of morpholine rings is 1. The minimum atomic E-state index is -0.0137. The van der Waals surface area contributed by atoms with E-state index < -0.39 is 0 Å². The van der Waals surface area contributed by atoms with Crippen LogP contribution in [0.4, 0.5) is 5.82 Å². The number of fused-ring (bicyclic) bond motifs is 1. The van der Waals surface area contributed by atoms with Gasteiger partial charge in [-0.25, -0.2) is 4.98 Å². The Balaban J connectivity index is 1.65. The molecule has 4 rings (SSSR count). The first-order valence-corrected chi connectivity index (χ1v) is 8.98. The second-order valence-corrected chi connectivity index (χ2v) is 6.41. The molecule has 0 saturated carbocycles. The maximum absolute atomic E-state index is 6.03. The lowest BCUT2D eigenvalue weighted by molar-refractivity contribution is 0.0392. The van der Waals surface area contributed by atoms with Crippen LogP contribution in [0.1, 0.15) is 30.7 Å². The van der Waals surface area contributed by atoms with Crippen molar-refractivity contribution in [3.8, 4) is 5.75 Å². The molecule has 26 heavy (non-hydrogen) atoms. The minimum absolute atomic E-state index is 0.0137. The largest absolute Gasteiger partial charge is 0.497 e. The van der Waals surface area contributed by atoms with Gasteiger partial charge in [0.05, 0.1) is 13.7 Å². The molecule has 1 aliphatic rings. The molecule has 3 heterocycles. The minimum Gasteiger partial charge on any atom is -0.497 e. The molecule has 1 saturated heterocycles. The number of aryl methyl sites for hydroxylation is 1. The van der Waals surface area contributed by atoms with Crippen molar-refractivity contribution in [2.45, 2.75) is 25.9 Å². The molecule has 7 heteroatoms. The number of nitrogens with zero attached hydrogens (tertiary/aromatic N) is 5. The molecule has 1 aromatic carbocycles. The van der Waals surface area contributed by atoms with E-state index in [4.69, 9.17) is 9.47 Å². The molecule has 0 N–H and O–H groups in total. The fourth-order valence-electron chi connectivity index (χ4n) is 3.35. The summed E-state index contributed by atoms with van der Waals surface area (Å²) in [4.78, 5) is 11.2. The molecular formula is C19H23N5O2. The molecule has 0 radical (unpaired) electrons. The fourth-order valence-corrected chi connectivity index (χ4v) is 3.35. The Hall–Kier alpha value is -2.67. The van der Waals surface area contributed by atoms with E-state index in [1.807, 2.05) is 22.7 Å². The quantitative estimate of drug-likeness (QED) is 0.703. The van der Waals surface area contributed by atoms with E-state index in [1.165, 1.54) is 0 Å². The lowest BCUT2D eigenvalue weighted by atomic mass is 10.1. The van der Waals surface area contributed by atoms with Crippen molar-refractivity contribution in [3.05, 3.63) is 47.9 Å². The van der Waals surface area contributed by atoms with E-state index in [0.717, 1.165) is 48.8 Å². The van der Waals surface area contributed by atoms with E-state index >= 15 is 0 Å². The highest BCUT2D eigenvalue weighted by molar-refractivity contribution is 5.48. The number of methoxy groups -OCH3 is 1. The molecule has 1 unspecified atom stereocenters. The van der Waals surface area contributed by atoms with Gasteiger partial charge in [-0.3, -0.25) is 0 Å². The van der Waals surface area contributed by atoms with Gasteiger partial charge in [-0.1, -0.05) is 25.5 Å². The summed E-state index contributed by atoms with van der Waals surface area (Å²) in [5.74, 6) is 2.51. The normalized spacial score (nSPS) is 17.6. The average molecular weight is 353 g/mol. The van der Waals surface area contributed by atoms with E-state index in [1.54, 1.807) is 13.4 Å². The summed E-state index contributed by atoms with van der Waals surface area (Å²) in [6.07, 6.45) is 3.52. The number of hydrogen-bond acceptors (Lipinski definition) is 6. The molecule has 0 spiro atoms. The average Bonchev–Trinajstić information content (AvgIpc) is 3.16. The monoisotopic (exact) mass is 353 g/mol. The summed E-state index contributed by atoms with van der Waals surface area (Å²) in [5.41, 5.74) is 2.17. The van der Waals surface area contributed by atoms with Gasteiger partial charge in [-0.2, -0.15) is 14.6 Å². The molecule has 1 fully saturated rings. The van der Waals surface area contributed by atoms with Crippen LogP contribution in [0.3, 0.4) is 0 Å². The number of anilines is 1. The van der Waals surface area contributed by atoms with Gasteiger partial charge in [0.15, 0.2) is 0 Å². The van der Waals surface area contributed by atoms with Crippen LogP contribution in [0.25, 0.3) is 5.78 Å². The summed E-state index contributed by atoms with van der Waals surface area (Å²) in [7, 11) is 1.68. The van der Waals surface area contributed by atoms with Gasteiger partial charge in [0, 0.05) is 24.8 Å². The highest BCUT2D eigenvalue weighted by Crippen LogP contribution is 2.28. The standard InChI is InChI=1S/C19H23N5O2/c1-3-5-15-11-18(24-19(22-15)20-13-21-24)23-8-9-26-17(12-23)14-6-4-7-16(10-14)25-2/h4,6-7,10-11,13,17H,3,5,8-9,12H2,1-2H3. The lowest BCUT2D eigenvalue weighted by Gasteiger charge is -2.34. The van der Waals surface area contributed by atoms with Gasteiger partial charge in [-0.15, -0.1) is 0 Å². The number of rotatable bonds is 5. The smallest absolute Gasteiger partial charge is 0.254 e. The SMILES string of the molecule is CCCc1cc(N2CCOC(c3cccc(OC)c3)C2)n2ncnc2n1. The summed E-state index contributed by atoms with van der Waals surface area (Å²) in [5, 5.41) is 4.36. The Bertz CT molecular complexity index is 895. The Morgan fingerprint density at radius 2 is 2.23 bits per heavy atom. The van der Waals surface area contributed by atoms with Gasteiger partial charge < -0.3 is 14.4 Å². The van der Waals surface area contributed by atoms with Crippen molar-refractivity contribution >= 4 is 11.6 Å². The topological polar surface area (TPSA) is 64.8 Å². The van der Waals surface area contributed by atoms with Gasteiger partial charge in [-0.05, 0) is 24.1 Å². The highest BCUT2D eigenvalue weighted by atomic mass is 16.5. The maximum atomic E-state index is 6.03. The first-order valence-electron chi connectivity index (χ1n) is 8.98. The highest BCUT2D eigenvalue weighted by Gasteiger charge is 2.25. The molecule has 0 aliphatic carbocycles. The van der Waals surface area contributed by atoms with E-state index in [2.05, 4.69) is 39.0 Å². The summed E-state index contributed by atoms with van der Waals surface area (Å²) >= 11 is 0. The Morgan fingerprint density at radius 1 is 1.31 bits per heavy atom. The van der Waals surface area contributed by atoms with Crippen molar-refractivity contribution in [2.24, 2.45) is 0 Å². The van der Waals surface area contributed by atoms with Crippen LogP contribution >= 0.6 is 0 Å². The van der Waals surface area contributed by atoms with Gasteiger partial charge in [0.2, 0.25) is 0 Å². The second kappa shape index (κ2) is 7.29. The Labute approximate surface area is 152 Å².